The zero-order valence-corrected chi connectivity index (χ0v) is 9.74. The normalized spacial score (nSPS) is 10.6. The Balaban J connectivity index is 2.14. The van der Waals surface area contributed by atoms with Gasteiger partial charge in [-0.15, -0.1) is 0 Å². The van der Waals surface area contributed by atoms with Crippen LogP contribution in [0.25, 0.3) is 0 Å². The molecule has 0 unspecified atom stereocenters. The lowest BCUT2D eigenvalue weighted by molar-refractivity contribution is 0.678. The number of rotatable bonds is 3. The van der Waals surface area contributed by atoms with E-state index in [-0.39, 0.29) is 10.6 Å². The van der Waals surface area contributed by atoms with Crippen LogP contribution in [0.15, 0.2) is 39.9 Å². The highest BCUT2D eigenvalue weighted by molar-refractivity contribution is 7.03. The number of hydrogen-bond acceptors (Lipinski definition) is 3. The summed E-state index contributed by atoms with van der Waals surface area (Å²) in [5.41, 5.74) is 0.934. The lowest BCUT2D eigenvalue weighted by atomic mass is 10.2. The molecule has 2 aromatic rings. The molecule has 1 heterocycles. The maximum absolute atomic E-state index is 11.5. The van der Waals surface area contributed by atoms with Crippen LogP contribution in [-0.4, -0.2) is 8.52 Å². The van der Waals surface area contributed by atoms with Crippen LogP contribution in [-0.2, 0) is 20.0 Å². The van der Waals surface area contributed by atoms with Crippen molar-refractivity contribution in [3.63, 3.8) is 0 Å². The fourth-order valence-electron chi connectivity index (χ4n) is 1.46. The zero-order chi connectivity index (χ0) is 11.5. The van der Waals surface area contributed by atoms with Gasteiger partial charge in [0.15, 0.2) is 0 Å². The van der Waals surface area contributed by atoms with Gasteiger partial charge in [-0.25, -0.2) is 8.75 Å². The molecule has 0 spiro atoms. The fourth-order valence-corrected chi connectivity index (χ4v) is 2.23. The molecule has 0 aliphatic rings. The summed E-state index contributed by atoms with van der Waals surface area (Å²) in [6.07, 6.45) is 0.765. The van der Waals surface area contributed by atoms with E-state index >= 15 is 0 Å². The predicted octanol–water partition coefficient (Wildman–Crippen LogP) is 0.851. The molecule has 1 aromatic carbocycles. The quantitative estimate of drug-likeness (QED) is 0.793. The van der Waals surface area contributed by atoms with Gasteiger partial charge in [0.05, 0.1) is 0 Å². The van der Waals surface area contributed by atoms with Crippen molar-refractivity contribution in [2.45, 2.75) is 13.0 Å². The summed E-state index contributed by atoms with van der Waals surface area (Å²) in [6.45, 7) is 0.559. The molecule has 0 aliphatic carbocycles. The molecule has 16 heavy (non-hydrogen) atoms. The van der Waals surface area contributed by atoms with Crippen molar-refractivity contribution < 1.29 is 0 Å². The number of aromatic nitrogens is 2. The van der Waals surface area contributed by atoms with Crippen molar-refractivity contribution in [3.05, 3.63) is 56.0 Å². The largest absolute Gasteiger partial charge is 0.340 e. The van der Waals surface area contributed by atoms with E-state index < -0.39 is 0 Å². The Bertz CT molecular complexity index is 580. The summed E-state index contributed by atoms with van der Waals surface area (Å²) >= 11 is 0.972. The lowest BCUT2D eigenvalue weighted by Gasteiger charge is -1.99. The third-order valence-corrected chi connectivity index (χ3v) is 3.40. The first-order valence-corrected chi connectivity index (χ1v) is 5.77. The second-order valence-corrected chi connectivity index (χ2v) is 4.51. The zero-order valence-electron chi connectivity index (χ0n) is 8.92. The smallest absolute Gasteiger partial charge is 0.255 e. The van der Waals surface area contributed by atoms with Crippen molar-refractivity contribution in [1.82, 2.24) is 8.52 Å². The first kappa shape index (κ1) is 10.9. The van der Waals surface area contributed by atoms with E-state index in [1.54, 1.807) is 0 Å². The van der Waals surface area contributed by atoms with E-state index in [9.17, 15) is 9.59 Å². The summed E-state index contributed by atoms with van der Waals surface area (Å²) in [7, 11) is 1.50. The maximum Gasteiger partial charge on any atom is 0.340 e. The van der Waals surface area contributed by atoms with E-state index in [1.807, 2.05) is 30.3 Å². The van der Waals surface area contributed by atoms with Gasteiger partial charge in [-0.05, 0) is 12.0 Å². The minimum atomic E-state index is -0.231. The van der Waals surface area contributed by atoms with Gasteiger partial charge in [-0.3, -0.25) is 9.36 Å². The molecular formula is C11H12N2O2S. The van der Waals surface area contributed by atoms with Crippen LogP contribution >= 0.6 is 11.5 Å². The van der Waals surface area contributed by atoms with Gasteiger partial charge in [-0.2, -0.15) is 0 Å². The van der Waals surface area contributed by atoms with Crippen LogP contribution in [0, 0.1) is 0 Å². The molecule has 2 rings (SSSR count). The highest BCUT2D eigenvalue weighted by Gasteiger charge is 2.05. The maximum atomic E-state index is 11.5. The average molecular weight is 236 g/mol. The lowest BCUT2D eigenvalue weighted by Crippen LogP contribution is -2.26. The molecule has 0 aliphatic heterocycles. The molecule has 4 nitrogen and oxygen atoms in total. The number of benzene rings is 1. The molecule has 0 saturated heterocycles. The van der Waals surface area contributed by atoms with Gasteiger partial charge in [0, 0.05) is 25.1 Å². The fraction of sp³-hybridized carbons (Fsp3) is 0.273. The standard InChI is InChI=1S/C11H12N2O2S/c1-12-10(14)13(16-11(12)15)8-7-9-5-3-2-4-6-9/h2-6H,7-8H2,1H3. The summed E-state index contributed by atoms with van der Waals surface area (Å²) in [6, 6.07) is 9.90. The summed E-state index contributed by atoms with van der Waals surface area (Å²) < 4.78 is 2.63. The molecule has 0 bridgehead atoms. The third-order valence-electron chi connectivity index (χ3n) is 2.41. The molecule has 0 atom stereocenters. The van der Waals surface area contributed by atoms with Crippen LogP contribution in [0.3, 0.4) is 0 Å². The van der Waals surface area contributed by atoms with Crippen molar-refractivity contribution in [2.24, 2.45) is 7.05 Å². The predicted molar refractivity (Wildman–Crippen MR) is 64.0 cm³/mol. The molecule has 0 saturated carbocycles. The third kappa shape index (κ3) is 2.14. The van der Waals surface area contributed by atoms with E-state index in [2.05, 4.69) is 0 Å². The van der Waals surface area contributed by atoms with Crippen molar-refractivity contribution >= 4 is 11.5 Å². The highest BCUT2D eigenvalue weighted by Crippen LogP contribution is 2.01. The Morgan fingerprint density at radius 1 is 1.19 bits per heavy atom. The molecular weight excluding hydrogens is 224 g/mol. The Morgan fingerprint density at radius 3 is 2.44 bits per heavy atom. The second-order valence-electron chi connectivity index (χ2n) is 3.54. The topological polar surface area (TPSA) is 44.0 Å². The first-order valence-electron chi connectivity index (χ1n) is 4.99. The van der Waals surface area contributed by atoms with E-state index in [0.29, 0.717) is 6.54 Å². The van der Waals surface area contributed by atoms with Crippen LogP contribution in [0.1, 0.15) is 5.56 Å². The van der Waals surface area contributed by atoms with E-state index in [1.165, 1.54) is 11.0 Å². The van der Waals surface area contributed by atoms with Crippen LogP contribution < -0.4 is 10.6 Å². The Kier molecular flexibility index (Phi) is 3.05. The van der Waals surface area contributed by atoms with Gasteiger partial charge in [0.2, 0.25) is 0 Å². The summed E-state index contributed by atoms with van der Waals surface area (Å²) in [4.78, 5) is 22.6. The van der Waals surface area contributed by atoms with E-state index in [4.69, 9.17) is 0 Å². The number of aryl methyl sites for hydroxylation is 2. The number of nitrogens with zero attached hydrogens (tertiary/aromatic N) is 2. The van der Waals surface area contributed by atoms with Gasteiger partial charge in [0.25, 0.3) is 0 Å². The van der Waals surface area contributed by atoms with Crippen molar-refractivity contribution in [1.29, 1.82) is 0 Å². The molecule has 5 heteroatoms. The van der Waals surface area contributed by atoms with Gasteiger partial charge >= 0.3 is 10.6 Å². The average Bonchev–Trinajstić information content (AvgIpc) is 2.56. The highest BCUT2D eigenvalue weighted by atomic mass is 32.1. The van der Waals surface area contributed by atoms with Gasteiger partial charge in [0.1, 0.15) is 0 Å². The Hall–Kier alpha value is -1.62. The first-order chi connectivity index (χ1) is 7.68. The van der Waals surface area contributed by atoms with Crippen LogP contribution in [0.2, 0.25) is 0 Å². The molecule has 0 fully saturated rings. The molecule has 0 amide bonds. The monoisotopic (exact) mass is 236 g/mol. The minimum absolute atomic E-state index is 0.210. The molecule has 0 N–H and O–H groups in total. The van der Waals surface area contributed by atoms with E-state index in [0.717, 1.165) is 28.1 Å². The Morgan fingerprint density at radius 2 is 1.88 bits per heavy atom. The minimum Gasteiger partial charge on any atom is -0.255 e. The number of hydrogen-bond donors (Lipinski definition) is 0. The summed E-state index contributed by atoms with van der Waals surface area (Å²) in [5.74, 6) is 0. The molecule has 1 aromatic heterocycles. The van der Waals surface area contributed by atoms with Crippen molar-refractivity contribution in [2.75, 3.05) is 0 Å². The van der Waals surface area contributed by atoms with Crippen molar-refractivity contribution in [3.8, 4) is 0 Å². The Labute approximate surface area is 96.5 Å². The van der Waals surface area contributed by atoms with Gasteiger partial charge in [-0.1, -0.05) is 30.3 Å². The SMILES string of the molecule is Cn1c(=O)sn(CCc2ccccc2)c1=O. The van der Waals surface area contributed by atoms with Crippen LogP contribution in [0.4, 0.5) is 0 Å². The summed E-state index contributed by atoms with van der Waals surface area (Å²) in [5, 5.41) is 0. The molecule has 84 valence electrons. The second kappa shape index (κ2) is 4.49. The van der Waals surface area contributed by atoms with Gasteiger partial charge < -0.3 is 0 Å². The van der Waals surface area contributed by atoms with Crippen LogP contribution in [0.5, 0.6) is 0 Å². The molecule has 0 radical (unpaired) electrons.